The van der Waals surface area contributed by atoms with Crippen molar-refractivity contribution in [3.05, 3.63) is 41.7 Å². The highest BCUT2D eigenvalue weighted by atomic mass is 32.2. The maximum Gasteiger partial charge on any atom is 0.341 e. The second-order valence-electron chi connectivity index (χ2n) is 4.43. The minimum Gasteiger partial charge on any atom is -0.462 e. The number of ether oxygens (including phenoxy) is 1. The van der Waals surface area contributed by atoms with Gasteiger partial charge in [-0.05, 0) is 37.4 Å². The van der Waals surface area contributed by atoms with Gasteiger partial charge >= 0.3 is 5.97 Å². The average Bonchev–Trinajstić information content (AvgIpc) is 2.87. The Morgan fingerprint density at radius 1 is 1.38 bits per heavy atom. The molecule has 1 heterocycles. The molecule has 0 aliphatic carbocycles. The first-order valence-electron chi connectivity index (χ1n) is 6.71. The van der Waals surface area contributed by atoms with Crippen LogP contribution < -0.4 is 5.32 Å². The molecule has 0 bridgehead atoms. The second kappa shape index (κ2) is 7.17. The van der Waals surface area contributed by atoms with Crippen molar-refractivity contribution in [2.75, 3.05) is 18.2 Å². The largest absolute Gasteiger partial charge is 0.462 e. The SMILES string of the molecule is CCOC(=O)c1cnn(C)c1CNc1ccc(SC)cc1. The summed E-state index contributed by atoms with van der Waals surface area (Å²) in [5.41, 5.74) is 2.32. The molecule has 6 heteroatoms. The molecular weight excluding hydrogens is 286 g/mol. The van der Waals surface area contributed by atoms with Crippen LogP contribution in [0.3, 0.4) is 0 Å². The zero-order valence-electron chi connectivity index (χ0n) is 12.4. The molecule has 0 unspecified atom stereocenters. The summed E-state index contributed by atoms with van der Waals surface area (Å²) in [6, 6.07) is 8.16. The zero-order valence-corrected chi connectivity index (χ0v) is 13.2. The van der Waals surface area contributed by atoms with E-state index in [0.717, 1.165) is 11.4 Å². The van der Waals surface area contributed by atoms with Gasteiger partial charge in [0.1, 0.15) is 5.56 Å². The first kappa shape index (κ1) is 15.4. The molecule has 0 saturated carbocycles. The highest BCUT2D eigenvalue weighted by molar-refractivity contribution is 7.98. The van der Waals surface area contributed by atoms with Crippen molar-refractivity contribution in [2.45, 2.75) is 18.4 Å². The smallest absolute Gasteiger partial charge is 0.341 e. The van der Waals surface area contributed by atoms with Crippen LogP contribution in [0.1, 0.15) is 23.0 Å². The highest BCUT2D eigenvalue weighted by Crippen LogP contribution is 2.18. The number of aryl methyl sites for hydroxylation is 1. The van der Waals surface area contributed by atoms with Gasteiger partial charge in [-0.1, -0.05) is 0 Å². The van der Waals surface area contributed by atoms with Gasteiger partial charge in [0.15, 0.2) is 0 Å². The van der Waals surface area contributed by atoms with E-state index in [0.29, 0.717) is 18.7 Å². The molecule has 112 valence electrons. The summed E-state index contributed by atoms with van der Waals surface area (Å²) in [6.07, 6.45) is 3.59. The van der Waals surface area contributed by atoms with Crippen molar-refractivity contribution < 1.29 is 9.53 Å². The third-order valence-electron chi connectivity index (χ3n) is 3.11. The molecule has 0 aliphatic heterocycles. The lowest BCUT2D eigenvalue weighted by Gasteiger charge is -2.09. The number of benzene rings is 1. The van der Waals surface area contributed by atoms with Crippen molar-refractivity contribution in [3.8, 4) is 0 Å². The molecular formula is C15H19N3O2S. The summed E-state index contributed by atoms with van der Waals surface area (Å²) >= 11 is 1.70. The van der Waals surface area contributed by atoms with E-state index >= 15 is 0 Å². The fourth-order valence-corrected chi connectivity index (χ4v) is 2.35. The van der Waals surface area contributed by atoms with Crippen molar-refractivity contribution in [3.63, 3.8) is 0 Å². The predicted octanol–water partition coefficient (Wildman–Crippen LogP) is 2.93. The van der Waals surface area contributed by atoms with Crippen LogP contribution in [0, 0.1) is 0 Å². The Hall–Kier alpha value is -1.95. The summed E-state index contributed by atoms with van der Waals surface area (Å²) in [6.45, 7) is 2.67. The Morgan fingerprint density at radius 2 is 2.10 bits per heavy atom. The molecule has 5 nitrogen and oxygen atoms in total. The first-order chi connectivity index (χ1) is 10.2. The Bertz CT molecular complexity index is 608. The van der Waals surface area contributed by atoms with Crippen molar-refractivity contribution >= 4 is 23.4 Å². The Labute approximate surface area is 128 Å². The van der Waals surface area contributed by atoms with E-state index in [1.165, 1.54) is 4.90 Å². The molecule has 1 N–H and O–H groups in total. The number of hydrogen-bond acceptors (Lipinski definition) is 5. The molecule has 2 aromatic rings. The predicted molar refractivity (Wildman–Crippen MR) is 84.7 cm³/mol. The van der Waals surface area contributed by atoms with Crippen LogP contribution in [0.4, 0.5) is 5.69 Å². The lowest BCUT2D eigenvalue weighted by Crippen LogP contribution is -2.12. The molecule has 2 rings (SSSR count). The van der Waals surface area contributed by atoms with E-state index in [9.17, 15) is 4.79 Å². The van der Waals surface area contributed by atoms with E-state index < -0.39 is 0 Å². The second-order valence-corrected chi connectivity index (χ2v) is 5.31. The van der Waals surface area contributed by atoms with Crippen molar-refractivity contribution in [2.24, 2.45) is 7.05 Å². The van der Waals surface area contributed by atoms with Crippen molar-refractivity contribution in [1.82, 2.24) is 9.78 Å². The van der Waals surface area contributed by atoms with E-state index in [4.69, 9.17) is 4.74 Å². The standard InChI is InChI=1S/C15H19N3O2S/c1-4-20-15(19)13-9-17-18(2)14(13)10-16-11-5-7-12(21-3)8-6-11/h5-9,16H,4,10H2,1-3H3. The molecule has 0 spiro atoms. The summed E-state index contributed by atoms with van der Waals surface area (Å²) in [5.74, 6) is -0.333. The zero-order chi connectivity index (χ0) is 15.2. The van der Waals surface area contributed by atoms with Crippen LogP contribution >= 0.6 is 11.8 Å². The highest BCUT2D eigenvalue weighted by Gasteiger charge is 2.16. The van der Waals surface area contributed by atoms with Gasteiger partial charge in [0.05, 0.1) is 25.0 Å². The summed E-state index contributed by atoms with van der Waals surface area (Å²) in [7, 11) is 1.82. The number of carbonyl (C=O) groups is 1. The maximum absolute atomic E-state index is 11.9. The molecule has 0 saturated heterocycles. The van der Waals surface area contributed by atoms with Gasteiger partial charge in [0.2, 0.25) is 0 Å². The fraction of sp³-hybridized carbons (Fsp3) is 0.333. The monoisotopic (exact) mass is 305 g/mol. The van der Waals surface area contributed by atoms with E-state index in [2.05, 4.69) is 22.5 Å². The number of aromatic nitrogens is 2. The normalized spacial score (nSPS) is 10.4. The molecule has 21 heavy (non-hydrogen) atoms. The number of carbonyl (C=O) groups excluding carboxylic acids is 1. The maximum atomic E-state index is 11.9. The van der Waals surface area contributed by atoms with Gasteiger partial charge in [-0.3, -0.25) is 4.68 Å². The van der Waals surface area contributed by atoms with Crippen LogP contribution in [-0.4, -0.2) is 28.6 Å². The van der Waals surface area contributed by atoms with Gasteiger partial charge < -0.3 is 10.1 Å². The summed E-state index contributed by atoms with van der Waals surface area (Å²) in [5, 5.41) is 7.43. The number of esters is 1. The van der Waals surface area contributed by atoms with Gasteiger partial charge in [0.25, 0.3) is 0 Å². The van der Waals surface area contributed by atoms with E-state index in [1.807, 2.05) is 25.4 Å². The van der Waals surface area contributed by atoms with Crippen molar-refractivity contribution in [1.29, 1.82) is 0 Å². The van der Waals surface area contributed by atoms with Gasteiger partial charge in [-0.2, -0.15) is 5.10 Å². The molecule has 0 radical (unpaired) electrons. The minimum absolute atomic E-state index is 0.333. The molecule has 0 aliphatic rings. The van der Waals surface area contributed by atoms with E-state index in [-0.39, 0.29) is 5.97 Å². The van der Waals surface area contributed by atoms with Crippen LogP contribution in [-0.2, 0) is 18.3 Å². The summed E-state index contributed by atoms with van der Waals surface area (Å²) in [4.78, 5) is 13.1. The number of nitrogens with zero attached hydrogens (tertiary/aromatic N) is 2. The third kappa shape index (κ3) is 3.78. The summed E-state index contributed by atoms with van der Waals surface area (Å²) < 4.78 is 6.73. The first-order valence-corrected chi connectivity index (χ1v) is 7.94. The number of anilines is 1. The number of hydrogen-bond donors (Lipinski definition) is 1. The van der Waals surface area contributed by atoms with Crippen LogP contribution in [0.25, 0.3) is 0 Å². The lowest BCUT2D eigenvalue weighted by molar-refractivity contribution is 0.0525. The third-order valence-corrected chi connectivity index (χ3v) is 3.85. The average molecular weight is 305 g/mol. The van der Waals surface area contributed by atoms with Gasteiger partial charge in [0, 0.05) is 17.6 Å². The number of thioether (sulfide) groups is 1. The number of rotatable bonds is 6. The van der Waals surface area contributed by atoms with Crippen LogP contribution in [0.5, 0.6) is 0 Å². The molecule has 1 aromatic heterocycles. The molecule has 1 aromatic carbocycles. The number of nitrogens with one attached hydrogen (secondary N) is 1. The Morgan fingerprint density at radius 3 is 2.71 bits per heavy atom. The van der Waals surface area contributed by atoms with E-state index in [1.54, 1.807) is 29.6 Å². The molecule has 0 fully saturated rings. The van der Waals surface area contributed by atoms with Crippen LogP contribution in [0.15, 0.2) is 35.4 Å². The van der Waals surface area contributed by atoms with Gasteiger partial charge in [-0.15, -0.1) is 11.8 Å². The minimum atomic E-state index is -0.333. The van der Waals surface area contributed by atoms with Crippen LogP contribution in [0.2, 0.25) is 0 Å². The van der Waals surface area contributed by atoms with Gasteiger partial charge in [-0.25, -0.2) is 4.79 Å². The molecule has 0 amide bonds. The lowest BCUT2D eigenvalue weighted by atomic mass is 10.2. The Balaban J connectivity index is 2.08. The fourth-order valence-electron chi connectivity index (χ4n) is 1.95. The topological polar surface area (TPSA) is 56.1 Å². The molecule has 0 atom stereocenters. The quantitative estimate of drug-likeness (QED) is 0.657. The Kier molecular flexibility index (Phi) is 5.27.